The van der Waals surface area contributed by atoms with Gasteiger partial charge in [0.05, 0.1) is 12.1 Å². The summed E-state index contributed by atoms with van der Waals surface area (Å²) in [5, 5.41) is 3.60. The number of amides is 3. The van der Waals surface area contributed by atoms with Gasteiger partial charge in [-0.2, -0.15) is 4.98 Å². The Morgan fingerprint density at radius 1 is 1.21 bits per heavy atom. The van der Waals surface area contributed by atoms with Crippen LogP contribution >= 0.6 is 23.2 Å². The maximum atomic E-state index is 12.5. The van der Waals surface area contributed by atoms with Crippen molar-refractivity contribution in [2.75, 3.05) is 17.7 Å². The predicted octanol–water partition coefficient (Wildman–Crippen LogP) is 2.21. The van der Waals surface area contributed by atoms with Crippen LogP contribution in [0.5, 0.6) is 5.88 Å². The lowest BCUT2D eigenvalue weighted by molar-refractivity contribution is -0.115. The third-order valence-corrected chi connectivity index (χ3v) is 5.15. The summed E-state index contributed by atoms with van der Waals surface area (Å²) >= 11 is 11.6. The highest BCUT2D eigenvalue weighted by Gasteiger charge is 2.22. The molecule has 0 spiro atoms. The number of sulfonamides is 1. The first kappa shape index (κ1) is 21.7. The maximum absolute atomic E-state index is 12.5. The molecule has 0 saturated carbocycles. The van der Waals surface area contributed by atoms with Gasteiger partial charge < -0.3 is 10.1 Å². The molecule has 28 heavy (non-hydrogen) atoms. The van der Waals surface area contributed by atoms with E-state index in [1.54, 1.807) is 4.72 Å². The number of hydrogen-bond donors (Lipinski definition) is 3. The number of alkyl halides is 1. The quantitative estimate of drug-likeness (QED) is 0.576. The number of methoxy groups -OCH3 is 1. The standard InChI is InChI=1S/C15H15Cl2N5O5S/c1-8(16)13(23)19-9-3-4-10(17)11(7-9)28(25,26)22-15(24)21-14-18-6-5-12(20-14)27-2/h3-8H,1-2H3,(H,19,23)(H2,18,20,21,22,24). The summed E-state index contributed by atoms with van der Waals surface area (Å²) in [6.45, 7) is 1.46. The SMILES string of the molecule is COc1ccnc(NC(=O)NS(=O)(=O)c2cc(NC(=O)C(C)Cl)ccc2Cl)n1. The molecule has 150 valence electrons. The Bertz CT molecular complexity index is 1000. The number of anilines is 2. The van der Waals surface area contributed by atoms with Crippen LogP contribution < -0.4 is 20.1 Å². The van der Waals surface area contributed by atoms with Crippen LogP contribution in [0.1, 0.15) is 6.92 Å². The van der Waals surface area contributed by atoms with E-state index in [2.05, 4.69) is 20.6 Å². The second-order valence-electron chi connectivity index (χ2n) is 5.23. The fraction of sp³-hybridized carbons (Fsp3) is 0.200. The van der Waals surface area contributed by atoms with Gasteiger partial charge in [0.1, 0.15) is 10.3 Å². The first-order chi connectivity index (χ1) is 13.1. The highest BCUT2D eigenvalue weighted by molar-refractivity contribution is 7.90. The Balaban J connectivity index is 2.19. The number of rotatable bonds is 6. The van der Waals surface area contributed by atoms with Crippen LogP contribution in [0.4, 0.5) is 16.4 Å². The van der Waals surface area contributed by atoms with Gasteiger partial charge in [-0.3, -0.25) is 10.1 Å². The molecule has 2 rings (SSSR count). The topological polar surface area (TPSA) is 139 Å². The summed E-state index contributed by atoms with van der Waals surface area (Å²) in [5.41, 5.74) is 0.138. The molecule has 1 aromatic heterocycles. The lowest BCUT2D eigenvalue weighted by Crippen LogP contribution is -2.35. The number of ether oxygens (including phenoxy) is 1. The number of urea groups is 1. The maximum Gasteiger partial charge on any atom is 0.335 e. The van der Waals surface area contributed by atoms with E-state index in [1.165, 1.54) is 38.4 Å². The minimum Gasteiger partial charge on any atom is -0.481 e. The Labute approximate surface area is 170 Å². The fourth-order valence-corrected chi connectivity index (χ4v) is 3.34. The summed E-state index contributed by atoms with van der Waals surface area (Å²) in [6, 6.07) is 4.07. The molecule has 2 aromatic rings. The zero-order valence-corrected chi connectivity index (χ0v) is 16.9. The van der Waals surface area contributed by atoms with Gasteiger partial charge in [0.25, 0.3) is 10.0 Å². The largest absolute Gasteiger partial charge is 0.481 e. The van der Waals surface area contributed by atoms with Crippen molar-refractivity contribution in [1.29, 1.82) is 0 Å². The van der Waals surface area contributed by atoms with E-state index in [0.717, 1.165) is 6.07 Å². The van der Waals surface area contributed by atoms with E-state index < -0.39 is 32.2 Å². The van der Waals surface area contributed by atoms with Crippen molar-refractivity contribution in [3.8, 4) is 5.88 Å². The van der Waals surface area contributed by atoms with Crippen LogP contribution in [-0.4, -0.2) is 42.8 Å². The Kier molecular flexibility index (Phi) is 7.00. The van der Waals surface area contributed by atoms with E-state index in [9.17, 15) is 18.0 Å². The number of benzene rings is 1. The van der Waals surface area contributed by atoms with Gasteiger partial charge in [-0.1, -0.05) is 11.6 Å². The number of hydrogen-bond acceptors (Lipinski definition) is 7. The molecule has 1 unspecified atom stereocenters. The molecule has 1 heterocycles. The van der Waals surface area contributed by atoms with Crippen LogP contribution in [0.2, 0.25) is 5.02 Å². The highest BCUT2D eigenvalue weighted by Crippen LogP contribution is 2.25. The highest BCUT2D eigenvalue weighted by atomic mass is 35.5. The predicted molar refractivity (Wildman–Crippen MR) is 103 cm³/mol. The van der Waals surface area contributed by atoms with Gasteiger partial charge in [-0.15, -0.1) is 11.6 Å². The molecule has 1 aromatic carbocycles. The zero-order chi connectivity index (χ0) is 20.9. The molecule has 10 nitrogen and oxygen atoms in total. The second-order valence-corrected chi connectivity index (χ2v) is 7.95. The zero-order valence-electron chi connectivity index (χ0n) is 14.6. The van der Waals surface area contributed by atoms with Crippen LogP contribution in [0.3, 0.4) is 0 Å². The molecule has 0 aliphatic carbocycles. The van der Waals surface area contributed by atoms with E-state index in [1.807, 2.05) is 0 Å². The summed E-state index contributed by atoms with van der Waals surface area (Å²) in [7, 11) is -3.00. The summed E-state index contributed by atoms with van der Waals surface area (Å²) in [4.78, 5) is 30.8. The lowest BCUT2D eigenvalue weighted by atomic mass is 10.3. The number of halogens is 2. The van der Waals surface area contributed by atoms with E-state index in [0.29, 0.717) is 0 Å². The van der Waals surface area contributed by atoms with Crippen molar-refractivity contribution < 1.29 is 22.7 Å². The average Bonchev–Trinajstić information content (AvgIpc) is 2.62. The number of carbonyl (C=O) groups is 2. The van der Waals surface area contributed by atoms with Crippen molar-refractivity contribution in [2.24, 2.45) is 0 Å². The molecule has 0 fully saturated rings. The number of carbonyl (C=O) groups excluding carboxylic acids is 2. The van der Waals surface area contributed by atoms with Crippen molar-refractivity contribution in [3.63, 3.8) is 0 Å². The Morgan fingerprint density at radius 3 is 2.57 bits per heavy atom. The molecule has 0 aliphatic rings. The molecule has 13 heteroatoms. The van der Waals surface area contributed by atoms with Crippen LogP contribution in [0, 0.1) is 0 Å². The van der Waals surface area contributed by atoms with Crippen molar-refractivity contribution in [1.82, 2.24) is 14.7 Å². The summed E-state index contributed by atoms with van der Waals surface area (Å²) in [6.07, 6.45) is 1.32. The first-order valence-electron chi connectivity index (χ1n) is 7.57. The van der Waals surface area contributed by atoms with Gasteiger partial charge in [0, 0.05) is 18.0 Å². The molecular formula is C15H15Cl2N5O5S. The van der Waals surface area contributed by atoms with Crippen LogP contribution in [0.15, 0.2) is 35.4 Å². The summed E-state index contributed by atoms with van der Waals surface area (Å²) < 4.78 is 31.6. The molecule has 0 bridgehead atoms. The number of aromatic nitrogens is 2. The molecule has 3 N–H and O–H groups in total. The van der Waals surface area contributed by atoms with E-state index in [-0.39, 0.29) is 22.5 Å². The normalized spacial score (nSPS) is 12.0. The molecular weight excluding hydrogens is 433 g/mol. The minimum atomic E-state index is -4.37. The monoisotopic (exact) mass is 447 g/mol. The van der Waals surface area contributed by atoms with E-state index in [4.69, 9.17) is 27.9 Å². The molecule has 0 saturated heterocycles. The number of nitrogens with one attached hydrogen (secondary N) is 3. The van der Waals surface area contributed by atoms with Gasteiger partial charge in [0.15, 0.2) is 0 Å². The van der Waals surface area contributed by atoms with Crippen molar-refractivity contribution >= 4 is 56.8 Å². The van der Waals surface area contributed by atoms with E-state index >= 15 is 0 Å². The molecule has 3 amide bonds. The van der Waals surface area contributed by atoms with Crippen molar-refractivity contribution in [2.45, 2.75) is 17.2 Å². The molecule has 0 radical (unpaired) electrons. The Morgan fingerprint density at radius 2 is 1.93 bits per heavy atom. The summed E-state index contributed by atoms with van der Waals surface area (Å²) in [5.74, 6) is -0.531. The van der Waals surface area contributed by atoms with Crippen molar-refractivity contribution in [3.05, 3.63) is 35.5 Å². The Hall–Kier alpha value is -2.63. The average molecular weight is 448 g/mol. The van der Waals surface area contributed by atoms with Gasteiger partial charge in [0.2, 0.25) is 17.7 Å². The molecule has 1 atom stereocenters. The lowest BCUT2D eigenvalue weighted by Gasteiger charge is -2.12. The second kappa shape index (κ2) is 9.04. The molecule has 0 aliphatic heterocycles. The minimum absolute atomic E-state index is 0.138. The van der Waals surface area contributed by atoms with Crippen LogP contribution in [0.25, 0.3) is 0 Å². The third-order valence-electron chi connectivity index (χ3n) is 3.14. The number of nitrogens with zero attached hydrogens (tertiary/aromatic N) is 2. The van der Waals surface area contributed by atoms with Gasteiger partial charge in [-0.25, -0.2) is 22.9 Å². The van der Waals surface area contributed by atoms with Crippen LogP contribution in [-0.2, 0) is 14.8 Å². The fourth-order valence-electron chi connectivity index (χ4n) is 1.85. The van der Waals surface area contributed by atoms with Gasteiger partial charge >= 0.3 is 6.03 Å². The first-order valence-corrected chi connectivity index (χ1v) is 9.87. The smallest absolute Gasteiger partial charge is 0.335 e. The third kappa shape index (κ3) is 5.68. The van der Waals surface area contributed by atoms with Gasteiger partial charge in [-0.05, 0) is 25.1 Å².